The predicted molar refractivity (Wildman–Crippen MR) is 137 cm³/mol. The maximum Gasteiger partial charge on any atom is 0.283 e. The first-order valence-electron chi connectivity index (χ1n) is 12.4. The molecular weight excluding hydrogens is 456 g/mol. The lowest BCUT2D eigenvalue weighted by atomic mass is 9.89. The van der Waals surface area contributed by atoms with Gasteiger partial charge in [0.05, 0.1) is 5.39 Å². The highest BCUT2D eigenvalue weighted by Crippen LogP contribution is 2.33. The summed E-state index contributed by atoms with van der Waals surface area (Å²) in [6.45, 7) is 4.49. The predicted octanol–water partition coefficient (Wildman–Crippen LogP) is 4.90. The van der Waals surface area contributed by atoms with Crippen LogP contribution in [0.1, 0.15) is 30.2 Å². The van der Waals surface area contributed by atoms with Crippen molar-refractivity contribution in [3.63, 3.8) is 0 Å². The van der Waals surface area contributed by atoms with Crippen LogP contribution < -0.4 is 4.74 Å². The number of piperidine rings is 1. The van der Waals surface area contributed by atoms with Crippen molar-refractivity contribution in [1.82, 2.24) is 19.7 Å². The highest BCUT2D eigenvalue weighted by molar-refractivity contribution is 5.87. The molecule has 0 spiro atoms. The summed E-state index contributed by atoms with van der Waals surface area (Å²) in [5.41, 5.74) is 3.36. The van der Waals surface area contributed by atoms with E-state index in [0.29, 0.717) is 41.3 Å². The fourth-order valence-corrected chi connectivity index (χ4v) is 5.20. The highest BCUT2D eigenvalue weighted by atomic mass is 16.5. The molecule has 1 atom stereocenters. The van der Waals surface area contributed by atoms with Gasteiger partial charge in [-0.25, -0.2) is 0 Å². The lowest BCUT2D eigenvalue weighted by Gasteiger charge is -2.33. The van der Waals surface area contributed by atoms with E-state index in [2.05, 4.69) is 57.2 Å². The zero-order valence-corrected chi connectivity index (χ0v) is 20.6. The van der Waals surface area contributed by atoms with E-state index in [1.54, 1.807) is 6.92 Å². The Labute approximate surface area is 209 Å². The average Bonchev–Trinajstić information content (AvgIpc) is 3.61. The molecule has 8 heteroatoms. The summed E-state index contributed by atoms with van der Waals surface area (Å²) >= 11 is 0. The molecule has 5 aromatic rings. The number of benzene rings is 2. The van der Waals surface area contributed by atoms with E-state index in [9.17, 15) is 5.11 Å². The number of furan rings is 1. The summed E-state index contributed by atoms with van der Waals surface area (Å²) in [6, 6.07) is 16.5. The molecule has 1 aliphatic heterocycles. The van der Waals surface area contributed by atoms with Crippen molar-refractivity contribution in [2.24, 2.45) is 7.05 Å². The van der Waals surface area contributed by atoms with Gasteiger partial charge in [-0.2, -0.15) is 0 Å². The van der Waals surface area contributed by atoms with Gasteiger partial charge in [0, 0.05) is 38.3 Å². The van der Waals surface area contributed by atoms with Crippen molar-refractivity contribution in [3.05, 3.63) is 66.2 Å². The number of rotatable bonds is 7. The van der Waals surface area contributed by atoms with E-state index < -0.39 is 6.10 Å². The second-order valence-electron chi connectivity index (χ2n) is 9.69. The number of fused-ring (bicyclic) bond motifs is 2. The molecule has 0 amide bonds. The molecule has 0 aliphatic carbocycles. The van der Waals surface area contributed by atoms with Crippen LogP contribution in [-0.4, -0.2) is 57.1 Å². The van der Waals surface area contributed by atoms with Crippen LogP contribution in [0.3, 0.4) is 0 Å². The summed E-state index contributed by atoms with van der Waals surface area (Å²) in [6.07, 6.45) is 3.72. The maximum absolute atomic E-state index is 10.7. The van der Waals surface area contributed by atoms with Gasteiger partial charge in [-0.15, -0.1) is 10.2 Å². The number of hydrogen-bond donors (Lipinski definition) is 1. The number of nitrogens with zero attached hydrogens (tertiary/aromatic N) is 4. The Morgan fingerprint density at radius 2 is 1.94 bits per heavy atom. The molecule has 0 radical (unpaired) electrons. The van der Waals surface area contributed by atoms with Gasteiger partial charge in [0.1, 0.15) is 24.0 Å². The van der Waals surface area contributed by atoms with Gasteiger partial charge >= 0.3 is 0 Å². The molecule has 186 valence electrons. The standard InChI is InChI=1S/C28H30N4O4/c1-18-29-30-28(35-18)27-15-23-25(4-3-5-26(23)36-27)34-17-22(33)16-32-12-9-19(10-13-32)20-6-7-24-21(14-20)8-11-31(24)2/h3-8,11,14-15,19,22,33H,9-10,12-13,16-17H2,1-2H3/t22-/m0/s1. The number of ether oxygens (including phenoxy) is 1. The lowest BCUT2D eigenvalue weighted by molar-refractivity contribution is 0.0599. The van der Waals surface area contributed by atoms with Crippen molar-refractivity contribution < 1.29 is 18.7 Å². The molecule has 4 heterocycles. The van der Waals surface area contributed by atoms with Crippen LogP contribution in [0.5, 0.6) is 5.75 Å². The summed E-state index contributed by atoms with van der Waals surface area (Å²) in [5, 5.41) is 20.7. The minimum Gasteiger partial charge on any atom is -0.490 e. The van der Waals surface area contributed by atoms with E-state index in [-0.39, 0.29) is 6.61 Å². The summed E-state index contributed by atoms with van der Waals surface area (Å²) in [4.78, 5) is 2.33. The Hall–Kier alpha value is -3.62. The van der Waals surface area contributed by atoms with Gasteiger partial charge in [-0.3, -0.25) is 0 Å². The number of aryl methyl sites for hydroxylation is 2. The second kappa shape index (κ2) is 9.44. The fraction of sp³-hybridized carbons (Fsp3) is 0.357. The fourth-order valence-electron chi connectivity index (χ4n) is 5.20. The van der Waals surface area contributed by atoms with Gasteiger partial charge < -0.3 is 28.1 Å². The van der Waals surface area contributed by atoms with Crippen LogP contribution in [0.15, 0.2) is 63.6 Å². The third-order valence-corrected chi connectivity index (χ3v) is 7.13. The SMILES string of the molecule is Cc1nnc(-c2cc3c(OC[C@@H](O)CN4CCC(c5ccc6c(ccn6C)c5)CC4)cccc3o2)o1. The number of hydrogen-bond acceptors (Lipinski definition) is 7. The molecule has 0 bridgehead atoms. The maximum atomic E-state index is 10.7. The van der Waals surface area contributed by atoms with Crippen LogP contribution in [0.4, 0.5) is 0 Å². The monoisotopic (exact) mass is 486 g/mol. The van der Waals surface area contributed by atoms with E-state index in [1.165, 1.54) is 16.5 Å². The number of aliphatic hydroxyl groups excluding tert-OH is 1. The second-order valence-corrected chi connectivity index (χ2v) is 9.69. The quantitative estimate of drug-likeness (QED) is 0.350. The van der Waals surface area contributed by atoms with Crippen molar-refractivity contribution in [1.29, 1.82) is 0 Å². The van der Waals surface area contributed by atoms with Gasteiger partial charge in [0.15, 0.2) is 5.76 Å². The van der Waals surface area contributed by atoms with Gasteiger partial charge in [-0.05, 0) is 73.1 Å². The Morgan fingerprint density at radius 1 is 1.08 bits per heavy atom. The van der Waals surface area contributed by atoms with Crippen molar-refractivity contribution in [3.8, 4) is 17.4 Å². The largest absolute Gasteiger partial charge is 0.490 e. The Kier molecular flexibility index (Phi) is 5.99. The first-order chi connectivity index (χ1) is 17.5. The van der Waals surface area contributed by atoms with Crippen molar-refractivity contribution >= 4 is 21.9 Å². The molecule has 1 saturated heterocycles. The van der Waals surface area contributed by atoms with Gasteiger partial charge in [0.25, 0.3) is 5.89 Å². The molecule has 2 aromatic carbocycles. The Bertz CT molecular complexity index is 1490. The molecule has 1 fully saturated rings. The molecule has 1 aliphatic rings. The molecule has 0 saturated carbocycles. The van der Waals surface area contributed by atoms with E-state index >= 15 is 0 Å². The summed E-state index contributed by atoms with van der Waals surface area (Å²) < 4.78 is 19.5. The smallest absolute Gasteiger partial charge is 0.283 e. The summed E-state index contributed by atoms with van der Waals surface area (Å²) in [7, 11) is 2.08. The average molecular weight is 487 g/mol. The number of aliphatic hydroxyl groups is 1. The topological polar surface area (TPSA) is 89.7 Å². The minimum absolute atomic E-state index is 0.212. The van der Waals surface area contributed by atoms with Crippen LogP contribution in [-0.2, 0) is 7.05 Å². The first-order valence-corrected chi connectivity index (χ1v) is 12.4. The molecule has 0 unspecified atom stereocenters. The summed E-state index contributed by atoms with van der Waals surface area (Å²) in [5.74, 6) is 2.53. The minimum atomic E-state index is -0.581. The zero-order valence-electron chi connectivity index (χ0n) is 20.6. The lowest BCUT2D eigenvalue weighted by Crippen LogP contribution is -2.40. The molecule has 6 rings (SSSR count). The molecular formula is C28H30N4O4. The first kappa shape index (κ1) is 22.8. The van der Waals surface area contributed by atoms with Crippen LogP contribution in [0.2, 0.25) is 0 Å². The van der Waals surface area contributed by atoms with E-state index in [0.717, 1.165) is 31.3 Å². The molecule has 1 N–H and O–H groups in total. The third-order valence-electron chi connectivity index (χ3n) is 7.13. The normalized spacial score (nSPS) is 16.2. The van der Waals surface area contributed by atoms with Gasteiger partial charge in [0.2, 0.25) is 5.89 Å². The van der Waals surface area contributed by atoms with Gasteiger partial charge in [-0.1, -0.05) is 12.1 Å². The number of aromatic nitrogens is 3. The highest BCUT2D eigenvalue weighted by Gasteiger charge is 2.23. The third kappa shape index (κ3) is 4.50. The van der Waals surface area contributed by atoms with Crippen molar-refractivity contribution in [2.45, 2.75) is 31.8 Å². The molecule has 8 nitrogen and oxygen atoms in total. The molecule has 36 heavy (non-hydrogen) atoms. The number of β-amino-alcohol motifs (C(OH)–C–C–N with tert-alkyl or cyclic N) is 1. The Balaban J connectivity index is 1.04. The van der Waals surface area contributed by atoms with Crippen molar-refractivity contribution in [2.75, 3.05) is 26.2 Å². The zero-order chi connectivity index (χ0) is 24.6. The molecule has 3 aromatic heterocycles. The van der Waals surface area contributed by atoms with Crippen LogP contribution in [0.25, 0.3) is 33.5 Å². The van der Waals surface area contributed by atoms with E-state index in [4.69, 9.17) is 13.6 Å². The van der Waals surface area contributed by atoms with Crippen LogP contribution in [0, 0.1) is 6.92 Å². The van der Waals surface area contributed by atoms with E-state index in [1.807, 2.05) is 24.3 Å². The Morgan fingerprint density at radius 3 is 2.75 bits per heavy atom. The van der Waals surface area contributed by atoms with Crippen LogP contribution >= 0.6 is 0 Å². The number of likely N-dealkylation sites (tertiary alicyclic amines) is 1.